The first-order valence-electron chi connectivity index (χ1n) is 5.27. The molecule has 0 aromatic heterocycles. The Labute approximate surface area is 99.2 Å². The van der Waals surface area contributed by atoms with E-state index in [0.717, 1.165) is 12.1 Å². The van der Waals surface area contributed by atoms with Crippen molar-refractivity contribution in [1.82, 2.24) is 0 Å². The van der Waals surface area contributed by atoms with Crippen LogP contribution in [-0.4, -0.2) is 26.8 Å². The predicted molar refractivity (Wildman–Crippen MR) is 60.8 cm³/mol. The molecule has 1 rings (SSSR count). The Bertz CT molecular complexity index is 406. The maximum Gasteiger partial charge on any atom is 0.150 e. The molecule has 0 spiro atoms. The first kappa shape index (κ1) is 13.4. The highest BCUT2D eigenvalue weighted by atomic mass is 19.1. The minimum absolute atomic E-state index is 0.0217. The fourth-order valence-corrected chi connectivity index (χ4v) is 1.56. The van der Waals surface area contributed by atoms with Crippen molar-refractivity contribution < 1.29 is 13.5 Å². The van der Waals surface area contributed by atoms with Crippen molar-refractivity contribution >= 4 is 5.69 Å². The van der Waals surface area contributed by atoms with Crippen molar-refractivity contribution in [3.8, 4) is 6.07 Å². The molecule has 0 amide bonds. The summed E-state index contributed by atoms with van der Waals surface area (Å²) in [7, 11) is 1.53. The van der Waals surface area contributed by atoms with Crippen molar-refractivity contribution in [2.75, 3.05) is 31.7 Å². The SMILES string of the molecule is CCN(CCOC)c1c(F)cc(C#N)cc1F. The van der Waals surface area contributed by atoms with Gasteiger partial charge in [0, 0.05) is 20.2 Å². The molecule has 92 valence electrons. The van der Waals surface area contributed by atoms with Crippen LogP contribution in [-0.2, 0) is 4.74 Å². The second-order valence-electron chi connectivity index (χ2n) is 3.47. The van der Waals surface area contributed by atoms with E-state index < -0.39 is 11.6 Å². The van der Waals surface area contributed by atoms with E-state index >= 15 is 0 Å². The van der Waals surface area contributed by atoms with E-state index in [2.05, 4.69) is 0 Å². The molecule has 17 heavy (non-hydrogen) atoms. The number of nitriles is 1. The van der Waals surface area contributed by atoms with E-state index in [9.17, 15) is 8.78 Å². The number of nitrogens with zero attached hydrogens (tertiary/aromatic N) is 2. The summed E-state index contributed by atoms with van der Waals surface area (Å²) in [5.74, 6) is -1.45. The number of likely N-dealkylation sites (N-methyl/N-ethyl adjacent to an activating group) is 1. The summed E-state index contributed by atoms with van der Waals surface area (Å²) < 4.78 is 32.3. The Hall–Kier alpha value is -1.67. The van der Waals surface area contributed by atoms with Crippen LogP contribution in [0.1, 0.15) is 12.5 Å². The quantitative estimate of drug-likeness (QED) is 0.792. The lowest BCUT2D eigenvalue weighted by Crippen LogP contribution is -2.28. The van der Waals surface area contributed by atoms with Crippen LogP contribution in [0, 0.1) is 23.0 Å². The van der Waals surface area contributed by atoms with Crippen molar-refractivity contribution in [1.29, 1.82) is 5.26 Å². The lowest BCUT2D eigenvalue weighted by atomic mass is 10.2. The molecule has 0 saturated carbocycles. The third-order valence-corrected chi connectivity index (χ3v) is 2.41. The summed E-state index contributed by atoms with van der Waals surface area (Å²) in [5.41, 5.74) is -0.130. The van der Waals surface area contributed by atoms with Crippen LogP contribution < -0.4 is 4.90 Å². The Morgan fingerprint density at radius 1 is 1.35 bits per heavy atom. The van der Waals surface area contributed by atoms with Crippen LogP contribution in [0.5, 0.6) is 0 Å². The molecule has 1 aromatic rings. The monoisotopic (exact) mass is 240 g/mol. The smallest absolute Gasteiger partial charge is 0.150 e. The molecule has 0 radical (unpaired) electrons. The van der Waals surface area contributed by atoms with Gasteiger partial charge in [-0.05, 0) is 19.1 Å². The van der Waals surface area contributed by atoms with Gasteiger partial charge in [0.2, 0.25) is 0 Å². The Morgan fingerprint density at radius 2 is 1.94 bits per heavy atom. The van der Waals surface area contributed by atoms with Gasteiger partial charge in [0.05, 0.1) is 18.2 Å². The van der Waals surface area contributed by atoms with Gasteiger partial charge in [0.25, 0.3) is 0 Å². The predicted octanol–water partition coefficient (Wildman–Crippen LogP) is 2.31. The second-order valence-corrected chi connectivity index (χ2v) is 3.47. The number of hydrogen-bond donors (Lipinski definition) is 0. The molecule has 0 unspecified atom stereocenters. The highest BCUT2D eigenvalue weighted by molar-refractivity contribution is 5.52. The molecule has 0 bridgehead atoms. The Balaban J connectivity index is 3.07. The number of rotatable bonds is 5. The topological polar surface area (TPSA) is 36.3 Å². The van der Waals surface area contributed by atoms with Gasteiger partial charge in [-0.1, -0.05) is 0 Å². The lowest BCUT2D eigenvalue weighted by molar-refractivity contribution is 0.205. The summed E-state index contributed by atoms with van der Waals surface area (Å²) in [6, 6.07) is 3.78. The average Bonchev–Trinajstić information content (AvgIpc) is 2.32. The molecule has 1 aromatic carbocycles. The zero-order valence-electron chi connectivity index (χ0n) is 9.83. The normalized spacial score (nSPS) is 10.1. The van der Waals surface area contributed by atoms with E-state index in [1.807, 2.05) is 0 Å². The summed E-state index contributed by atoms with van der Waals surface area (Å²) >= 11 is 0. The van der Waals surface area contributed by atoms with Crippen LogP contribution >= 0.6 is 0 Å². The van der Waals surface area contributed by atoms with Crippen molar-refractivity contribution in [2.45, 2.75) is 6.92 Å². The molecule has 0 heterocycles. The molecular formula is C12H14F2N2O. The number of halogens is 2. The molecule has 0 fully saturated rings. The standard InChI is InChI=1S/C12H14F2N2O/c1-3-16(4-5-17-2)12-10(13)6-9(8-15)7-11(12)14/h6-7H,3-5H2,1-2H3. The van der Waals surface area contributed by atoms with E-state index in [1.54, 1.807) is 13.0 Å². The number of anilines is 1. The van der Waals surface area contributed by atoms with Gasteiger partial charge < -0.3 is 9.64 Å². The number of ether oxygens (including phenoxy) is 1. The van der Waals surface area contributed by atoms with Crippen molar-refractivity contribution in [2.24, 2.45) is 0 Å². The van der Waals surface area contributed by atoms with E-state index in [-0.39, 0.29) is 11.3 Å². The average molecular weight is 240 g/mol. The highest BCUT2D eigenvalue weighted by Crippen LogP contribution is 2.24. The van der Waals surface area contributed by atoms with Gasteiger partial charge in [-0.2, -0.15) is 5.26 Å². The number of benzene rings is 1. The van der Waals surface area contributed by atoms with Crippen molar-refractivity contribution in [3.63, 3.8) is 0 Å². The minimum atomic E-state index is -0.723. The third kappa shape index (κ3) is 3.14. The van der Waals surface area contributed by atoms with Gasteiger partial charge in [-0.25, -0.2) is 8.78 Å². The molecule has 5 heteroatoms. The largest absolute Gasteiger partial charge is 0.383 e. The Morgan fingerprint density at radius 3 is 2.35 bits per heavy atom. The van der Waals surface area contributed by atoms with Gasteiger partial charge in [0.1, 0.15) is 5.69 Å². The molecule has 0 aliphatic heterocycles. The molecule has 0 saturated heterocycles. The van der Waals surface area contributed by atoms with Gasteiger partial charge >= 0.3 is 0 Å². The fourth-order valence-electron chi connectivity index (χ4n) is 1.56. The van der Waals surface area contributed by atoms with Crippen LogP contribution in [0.3, 0.4) is 0 Å². The summed E-state index contributed by atoms with van der Waals surface area (Å²) in [5, 5.41) is 8.60. The minimum Gasteiger partial charge on any atom is -0.383 e. The van der Waals surface area contributed by atoms with E-state index in [1.165, 1.54) is 12.0 Å². The zero-order valence-corrected chi connectivity index (χ0v) is 9.83. The molecule has 0 atom stereocenters. The van der Waals surface area contributed by atoms with Gasteiger partial charge in [-0.3, -0.25) is 0 Å². The molecule has 0 aliphatic carbocycles. The first-order chi connectivity index (χ1) is 8.13. The van der Waals surface area contributed by atoms with Gasteiger partial charge in [-0.15, -0.1) is 0 Å². The Kier molecular flexibility index (Phi) is 4.85. The number of methoxy groups -OCH3 is 1. The van der Waals surface area contributed by atoms with Crippen LogP contribution in [0.25, 0.3) is 0 Å². The highest BCUT2D eigenvalue weighted by Gasteiger charge is 2.16. The lowest BCUT2D eigenvalue weighted by Gasteiger charge is -2.23. The zero-order chi connectivity index (χ0) is 12.8. The van der Waals surface area contributed by atoms with Crippen LogP contribution in [0.2, 0.25) is 0 Å². The van der Waals surface area contributed by atoms with Crippen LogP contribution in [0.15, 0.2) is 12.1 Å². The maximum atomic E-state index is 13.7. The molecule has 3 nitrogen and oxygen atoms in total. The second kappa shape index (κ2) is 6.16. The molecule has 0 aliphatic rings. The van der Waals surface area contributed by atoms with Crippen molar-refractivity contribution in [3.05, 3.63) is 29.3 Å². The molecular weight excluding hydrogens is 226 g/mol. The summed E-state index contributed by atoms with van der Waals surface area (Å²) in [4.78, 5) is 1.54. The maximum absolute atomic E-state index is 13.7. The molecule has 0 N–H and O–H groups in total. The third-order valence-electron chi connectivity index (χ3n) is 2.41. The van der Waals surface area contributed by atoms with Gasteiger partial charge in [0.15, 0.2) is 11.6 Å². The van der Waals surface area contributed by atoms with E-state index in [0.29, 0.717) is 19.7 Å². The summed E-state index contributed by atoms with van der Waals surface area (Å²) in [6.07, 6.45) is 0. The first-order valence-corrected chi connectivity index (χ1v) is 5.27. The number of hydrogen-bond acceptors (Lipinski definition) is 3. The van der Waals surface area contributed by atoms with Crippen LogP contribution in [0.4, 0.5) is 14.5 Å². The summed E-state index contributed by atoms with van der Waals surface area (Å²) in [6.45, 7) is 3.04. The fraction of sp³-hybridized carbons (Fsp3) is 0.417. The van der Waals surface area contributed by atoms with E-state index in [4.69, 9.17) is 10.00 Å².